The first-order chi connectivity index (χ1) is 16.0. The third kappa shape index (κ3) is 4.55. The van der Waals surface area contributed by atoms with Crippen molar-refractivity contribution in [2.75, 3.05) is 33.4 Å². The van der Waals surface area contributed by atoms with Crippen molar-refractivity contribution in [2.45, 2.75) is 24.5 Å². The number of piperidine rings is 1. The lowest BCUT2D eigenvalue weighted by atomic mass is 9.83. The number of H-pyrrole nitrogens is 1. The number of hydrogen-bond acceptors (Lipinski definition) is 5. The van der Waals surface area contributed by atoms with E-state index in [1.54, 1.807) is 7.11 Å². The first kappa shape index (κ1) is 21.8. The fourth-order valence-electron chi connectivity index (χ4n) is 4.75. The van der Waals surface area contributed by atoms with Crippen LogP contribution in [0.3, 0.4) is 0 Å². The second-order valence-electron chi connectivity index (χ2n) is 8.92. The van der Waals surface area contributed by atoms with Gasteiger partial charge in [0.1, 0.15) is 24.2 Å². The number of aromatic amines is 1. The Hall–Kier alpha value is -3.06. The van der Waals surface area contributed by atoms with Crippen LogP contribution in [0.15, 0.2) is 66.9 Å². The lowest BCUT2D eigenvalue weighted by Gasteiger charge is -2.39. The molecule has 0 bridgehead atoms. The molecule has 0 saturated carbocycles. The van der Waals surface area contributed by atoms with Gasteiger partial charge in [0.2, 0.25) is 0 Å². The number of fused-ring (bicyclic) bond motifs is 2. The summed E-state index contributed by atoms with van der Waals surface area (Å²) in [6.07, 6.45) is 2.55. The quantitative estimate of drug-likeness (QED) is 0.399. The predicted molar refractivity (Wildman–Crippen MR) is 130 cm³/mol. The zero-order valence-corrected chi connectivity index (χ0v) is 18.8. The summed E-state index contributed by atoms with van der Waals surface area (Å²) in [5.41, 5.74) is 1.11. The van der Waals surface area contributed by atoms with Crippen LogP contribution in [0.1, 0.15) is 18.4 Å². The highest BCUT2D eigenvalue weighted by atomic mass is 16.5. The molecule has 5 rings (SSSR count). The minimum Gasteiger partial charge on any atom is -0.497 e. The molecule has 3 N–H and O–H groups in total. The van der Waals surface area contributed by atoms with Crippen molar-refractivity contribution in [1.29, 1.82) is 0 Å². The number of aliphatic hydroxyl groups excluding tert-OH is 1. The van der Waals surface area contributed by atoms with E-state index in [0.717, 1.165) is 51.8 Å². The molecule has 33 heavy (non-hydrogen) atoms. The molecule has 172 valence electrons. The number of nitrogens with one attached hydrogen (secondary N) is 1. The van der Waals surface area contributed by atoms with Crippen molar-refractivity contribution in [3.8, 4) is 11.5 Å². The highest BCUT2D eigenvalue weighted by Gasteiger charge is 2.34. The molecule has 4 aromatic rings. The minimum absolute atomic E-state index is 0.235. The van der Waals surface area contributed by atoms with E-state index in [2.05, 4.69) is 16.0 Å². The van der Waals surface area contributed by atoms with E-state index in [9.17, 15) is 10.2 Å². The standard InChI is InChI=1S/C27H30N2O4/c1-32-23-8-6-19-15-21(7-5-20(19)16-23)27(31)10-13-29(14-11-27)17-22(30)18-33-26-4-2-3-25-24(26)9-12-28-25/h2-9,12,15-16,22,28,30-31H,10-11,13-14,17-18H2,1H3/t22-/m0/s1. The zero-order valence-electron chi connectivity index (χ0n) is 18.8. The van der Waals surface area contributed by atoms with Gasteiger partial charge in [-0.05, 0) is 65.6 Å². The molecule has 0 amide bonds. The van der Waals surface area contributed by atoms with Crippen molar-refractivity contribution in [3.05, 3.63) is 72.4 Å². The Bertz CT molecular complexity index is 1240. The van der Waals surface area contributed by atoms with Gasteiger partial charge >= 0.3 is 0 Å². The zero-order chi connectivity index (χ0) is 22.8. The molecule has 1 aliphatic heterocycles. The molecule has 1 aromatic heterocycles. The first-order valence-corrected chi connectivity index (χ1v) is 11.4. The van der Waals surface area contributed by atoms with Crippen LogP contribution < -0.4 is 9.47 Å². The van der Waals surface area contributed by atoms with E-state index < -0.39 is 11.7 Å². The number of ether oxygens (including phenoxy) is 2. The number of methoxy groups -OCH3 is 1. The maximum Gasteiger partial charge on any atom is 0.128 e. The average Bonchev–Trinajstić information content (AvgIpc) is 3.33. The van der Waals surface area contributed by atoms with E-state index in [0.29, 0.717) is 19.4 Å². The van der Waals surface area contributed by atoms with Gasteiger partial charge in [-0.15, -0.1) is 0 Å². The first-order valence-electron chi connectivity index (χ1n) is 11.4. The highest BCUT2D eigenvalue weighted by Crippen LogP contribution is 2.35. The molecule has 0 aliphatic carbocycles. The summed E-state index contributed by atoms with van der Waals surface area (Å²) < 4.78 is 11.2. The Morgan fingerprint density at radius 3 is 2.64 bits per heavy atom. The third-order valence-electron chi connectivity index (χ3n) is 6.72. The van der Waals surface area contributed by atoms with E-state index in [-0.39, 0.29) is 6.61 Å². The highest BCUT2D eigenvalue weighted by molar-refractivity contribution is 5.86. The van der Waals surface area contributed by atoms with E-state index >= 15 is 0 Å². The summed E-state index contributed by atoms with van der Waals surface area (Å²) in [6, 6.07) is 20.0. The molecule has 1 saturated heterocycles. The maximum absolute atomic E-state index is 11.3. The number of nitrogens with zero attached hydrogens (tertiary/aromatic N) is 1. The molecular weight excluding hydrogens is 416 g/mol. The number of rotatable bonds is 7. The van der Waals surface area contributed by atoms with Gasteiger partial charge in [-0.1, -0.05) is 24.3 Å². The summed E-state index contributed by atoms with van der Waals surface area (Å²) in [5, 5.41) is 25.1. The number of benzene rings is 3. The van der Waals surface area contributed by atoms with E-state index in [1.165, 1.54) is 0 Å². The van der Waals surface area contributed by atoms with Gasteiger partial charge in [0, 0.05) is 36.7 Å². The summed E-state index contributed by atoms with van der Waals surface area (Å²) in [5.74, 6) is 1.60. The van der Waals surface area contributed by atoms with Crippen molar-refractivity contribution >= 4 is 21.7 Å². The van der Waals surface area contributed by atoms with Crippen LogP contribution in [-0.4, -0.2) is 59.6 Å². The number of β-amino-alcohol motifs (C(OH)–C–C–N with tert-alkyl or cyclic N) is 1. The fourth-order valence-corrected chi connectivity index (χ4v) is 4.75. The molecule has 2 heterocycles. The van der Waals surface area contributed by atoms with Gasteiger partial charge < -0.3 is 29.6 Å². The molecule has 0 unspecified atom stereocenters. The molecule has 1 aliphatic rings. The topological polar surface area (TPSA) is 78.0 Å². The van der Waals surface area contributed by atoms with Gasteiger partial charge in [-0.25, -0.2) is 0 Å². The molecule has 6 nitrogen and oxygen atoms in total. The molecular formula is C27H30N2O4. The lowest BCUT2D eigenvalue weighted by molar-refractivity contribution is -0.0371. The van der Waals surface area contributed by atoms with E-state index in [4.69, 9.17) is 9.47 Å². The van der Waals surface area contributed by atoms with Gasteiger partial charge in [-0.2, -0.15) is 0 Å². The SMILES string of the molecule is COc1ccc2cc(C3(O)CCN(C[C@H](O)COc4cccc5[nH]ccc45)CC3)ccc2c1. The molecule has 0 radical (unpaired) electrons. The minimum atomic E-state index is -0.851. The van der Waals surface area contributed by atoms with Crippen LogP contribution in [-0.2, 0) is 5.60 Å². The largest absolute Gasteiger partial charge is 0.497 e. The molecule has 1 atom stereocenters. The summed E-state index contributed by atoms with van der Waals surface area (Å²) in [4.78, 5) is 5.37. The molecule has 1 fully saturated rings. The Labute approximate surface area is 193 Å². The Balaban J connectivity index is 1.17. The number of likely N-dealkylation sites (tertiary alicyclic amines) is 1. The van der Waals surface area contributed by atoms with Gasteiger partial charge in [0.25, 0.3) is 0 Å². The molecule has 0 spiro atoms. The van der Waals surface area contributed by atoms with Crippen LogP contribution in [0.5, 0.6) is 11.5 Å². The Morgan fingerprint density at radius 1 is 1.03 bits per heavy atom. The summed E-state index contributed by atoms with van der Waals surface area (Å²) in [6.45, 7) is 2.21. The average molecular weight is 447 g/mol. The predicted octanol–water partition coefficient (Wildman–Crippen LogP) is 4.05. The van der Waals surface area contributed by atoms with Crippen molar-refractivity contribution < 1.29 is 19.7 Å². The van der Waals surface area contributed by atoms with Gasteiger partial charge in [-0.3, -0.25) is 0 Å². The maximum atomic E-state index is 11.3. The van der Waals surface area contributed by atoms with Crippen LogP contribution in [0.2, 0.25) is 0 Å². The number of aromatic nitrogens is 1. The smallest absolute Gasteiger partial charge is 0.128 e. The monoisotopic (exact) mass is 446 g/mol. The van der Waals surface area contributed by atoms with Crippen molar-refractivity contribution in [3.63, 3.8) is 0 Å². The number of aliphatic hydroxyl groups is 2. The summed E-state index contributed by atoms with van der Waals surface area (Å²) in [7, 11) is 1.66. The lowest BCUT2D eigenvalue weighted by Crippen LogP contribution is -2.46. The van der Waals surface area contributed by atoms with Crippen LogP contribution in [0.4, 0.5) is 0 Å². The third-order valence-corrected chi connectivity index (χ3v) is 6.72. The number of hydrogen-bond donors (Lipinski definition) is 3. The normalized spacial score (nSPS) is 17.3. The van der Waals surface area contributed by atoms with Crippen LogP contribution >= 0.6 is 0 Å². The van der Waals surface area contributed by atoms with E-state index in [1.807, 2.05) is 60.8 Å². The van der Waals surface area contributed by atoms with Crippen molar-refractivity contribution in [2.24, 2.45) is 0 Å². The van der Waals surface area contributed by atoms with Crippen molar-refractivity contribution in [1.82, 2.24) is 9.88 Å². The van der Waals surface area contributed by atoms with Crippen LogP contribution in [0, 0.1) is 0 Å². The van der Waals surface area contributed by atoms with Crippen LogP contribution in [0.25, 0.3) is 21.7 Å². The fraction of sp³-hybridized carbons (Fsp3) is 0.333. The molecule has 3 aromatic carbocycles. The Kier molecular flexibility index (Phi) is 5.98. The van der Waals surface area contributed by atoms with Gasteiger partial charge in [0.15, 0.2) is 0 Å². The second-order valence-corrected chi connectivity index (χ2v) is 8.92. The Morgan fingerprint density at radius 2 is 1.82 bits per heavy atom. The summed E-state index contributed by atoms with van der Waals surface area (Å²) >= 11 is 0. The molecule has 6 heteroatoms. The second kappa shape index (κ2) is 9.06. The van der Waals surface area contributed by atoms with Gasteiger partial charge in [0.05, 0.1) is 12.7 Å².